The Hall–Kier alpha value is -1.97. The minimum atomic E-state index is 0.104. The summed E-state index contributed by atoms with van der Waals surface area (Å²) in [6.45, 7) is 5.90. The molecule has 0 bridgehead atoms. The number of ether oxygens (including phenoxy) is 1. The summed E-state index contributed by atoms with van der Waals surface area (Å²) in [5, 5.41) is 4.34. The second kappa shape index (κ2) is 4.49. The van der Waals surface area contributed by atoms with Gasteiger partial charge in [0, 0.05) is 6.20 Å². The Kier molecular flexibility index (Phi) is 3.04. The summed E-state index contributed by atoms with van der Waals surface area (Å²) in [5.41, 5.74) is 8.50. The molecule has 0 spiro atoms. The molecular weight excluding hydrogens is 214 g/mol. The number of rotatable bonds is 3. The number of aromatic nitrogens is 2. The molecule has 0 atom stereocenters. The van der Waals surface area contributed by atoms with Gasteiger partial charge < -0.3 is 10.5 Å². The van der Waals surface area contributed by atoms with Crippen LogP contribution in [0.3, 0.4) is 0 Å². The van der Waals surface area contributed by atoms with Crippen LogP contribution in [0.4, 0.5) is 5.69 Å². The standard InChI is InChI=1S/C13H17N3O/c1-9(2)17-12-6-4-5-11(13(12)14)16-8-7-10(3)15-16/h4-9H,14H2,1-3H3. The molecule has 0 fully saturated rings. The van der Waals surface area contributed by atoms with Gasteiger partial charge in [-0.15, -0.1) is 0 Å². The molecule has 4 nitrogen and oxygen atoms in total. The maximum Gasteiger partial charge on any atom is 0.144 e. The molecule has 4 heteroatoms. The number of nitrogen functional groups attached to an aromatic ring is 1. The minimum absolute atomic E-state index is 0.104. The van der Waals surface area contributed by atoms with Gasteiger partial charge in [0.15, 0.2) is 0 Å². The number of aryl methyl sites for hydroxylation is 1. The van der Waals surface area contributed by atoms with E-state index in [-0.39, 0.29) is 6.10 Å². The SMILES string of the molecule is Cc1ccn(-c2cccc(OC(C)C)c2N)n1. The van der Waals surface area contributed by atoms with E-state index in [2.05, 4.69) is 5.10 Å². The van der Waals surface area contributed by atoms with Crippen LogP contribution in [0.25, 0.3) is 5.69 Å². The molecule has 0 aliphatic rings. The monoisotopic (exact) mass is 231 g/mol. The Labute approximate surface area is 101 Å². The summed E-state index contributed by atoms with van der Waals surface area (Å²) < 4.78 is 7.41. The molecule has 0 aliphatic carbocycles. The second-order valence-electron chi connectivity index (χ2n) is 4.26. The van der Waals surface area contributed by atoms with Crippen molar-refractivity contribution in [2.75, 3.05) is 5.73 Å². The predicted octanol–water partition coefficient (Wildman–Crippen LogP) is 2.55. The van der Waals surface area contributed by atoms with Crippen LogP contribution in [0.5, 0.6) is 5.75 Å². The molecule has 0 amide bonds. The molecule has 2 N–H and O–H groups in total. The lowest BCUT2D eigenvalue weighted by atomic mass is 10.2. The minimum Gasteiger partial charge on any atom is -0.489 e. The normalized spacial score (nSPS) is 10.8. The summed E-state index contributed by atoms with van der Waals surface area (Å²) in [4.78, 5) is 0. The molecule has 17 heavy (non-hydrogen) atoms. The van der Waals surface area contributed by atoms with E-state index in [9.17, 15) is 0 Å². The summed E-state index contributed by atoms with van der Waals surface area (Å²) in [5.74, 6) is 0.700. The van der Waals surface area contributed by atoms with Crippen molar-refractivity contribution in [1.82, 2.24) is 9.78 Å². The average molecular weight is 231 g/mol. The summed E-state index contributed by atoms with van der Waals surface area (Å²) in [7, 11) is 0. The molecule has 1 aromatic carbocycles. The van der Waals surface area contributed by atoms with Crippen LogP contribution in [0, 0.1) is 6.92 Å². The van der Waals surface area contributed by atoms with E-state index in [0.29, 0.717) is 11.4 Å². The zero-order chi connectivity index (χ0) is 12.4. The van der Waals surface area contributed by atoms with Crippen molar-refractivity contribution in [3.05, 3.63) is 36.2 Å². The van der Waals surface area contributed by atoms with E-state index in [1.165, 1.54) is 0 Å². The highest BCUT2D eigenvalue weighted by Gasteiger charge is 2.09. The lowest BCUT2D eigenvalue weighted by molar-refractivity contribution is 0.244. The first-order valence-corrected chi connectivity index (χ1v) is 5.65. The molecule has 90 valence electrons. The smallest absolute Gasteiger partial charge is 0.144 e. The Bertz CT molecular complexity index is 517. The lowest BCUT2D eigenvalue weighted by Crippen LogP contribution is -2.09. The zero-order valence-corrected chi connectivity index (χ0v) is 10.3. The number of hydrogen-bond acceptors (Lipinski definition) is 3. The van der Waals surface area contributed by atoms with E-state index in [4.69, 9.17) is 10.5 Å². The maximum atomic E-state index is 6.09. The first-order chi connectivity index (χ1) is 8.08. The van der Waals surface area contributed by atoms with E-state index >= 15 is 0 Å². The van der Waals surface area contributed by atoms with E-state index in [1.807, 2.05) is 51.2 Å². The maximum absolute atomic E-state index is 6.09. The fraction of sp³-hybridized carbons (Fsp3) is 0.308. The highest BCUT2D eigenvalue weighted by molar-refractivity contribution is 5.66. The van der Waals surface area contributed by atoms with E-state index in [1.54, 1.807) is 4.68 Å². The third kappa shape index (κ3) is 2.41. The fourth-order valence-corrected chi connectivity index (χ4v) is 1.64. The van der Waals surface area contributed by atoms with E-state index < -0.39 is 0 Å². The first kappa shape index (κ1) is 11.5. The molecule has 2 rings (SSSR count). The second-order valence-corrected chi connectivity index (χ2v) is 4.26. The number of para-hydroxylation sites is 1. The van der Waals surface area contributed by atoms with Gasteiger partial charge in [0.05, 0.1) is 17.5 Å². The molecule has 0 aliphatic heterocycles. The van der Waals surface area contributed by atoms with Gasteiger partial charge in [0.2, 0.25) is 0 Å². The van der Waals surface area contributed by atoms with Crippen molar-refractivity contribution in [2.24, 2.45) is 0 Å². The highest BCUT2D eigenvalue weighted by Crippen LogP contribution is 2.28. The number of benzene rings is 1. The van der Waals surface area contributed by atoms with Gasteiger partial charge in [-0.25, -0.2) is 4.68 Å². The molecular formula is C13H17N3O. The van der Waals surface area contributed by atoms with Crippen LogP contribution in [-0.4, -0.2) is 15.9 Å². The van der Waals surface area contributed by atoms with Gasteiger partial charge in [-0.1, -0.05) is 6.07 Å². The van der Waals surface area contributed by atoms with Crippen molar-refractivity contribution in [2.45, 2.75) is 26.9 Å². The Morgan fingerprint density at radius 3 is 2.65 bits per heavy atom. The van der Waals surface area contributed by atoms with Crippen molar-refractivity contribution >= 4 is 5.69 Å². The van der Waals surface area contributed by atoms with Crippen molar-refractivity contribution in [3.63, 3.8) is 0 Å². The molecule has 0 saturated heterocycles. The van der Waals surface area contributed by atoms with E-state index in [0.717, 1.165) is 11.4 Å². The number of anilines is 1. The number of hydrogen-bond donors (Lipinski definition) is 1. The molecule has 1 heterocycles. The Morgan fingerprint density at radius 1 is 1.29 bits per heavy atom. The largest absolute Gasteiger partial charge is 0.489 e. The van der Waals surface area contributed by atoms with Crippen LogP contribution < -0.4 is 10.5 Å². The quantitative estimate of drug-likeness (QED) is 0.826. The summed E-state index contributed by atoms with van der Waals surface area (Å²) in [6.07, 6.45) is 1.99. The van der Waals surface area contributed by atoms with Crippen molar-refractivity contribution < 1.29 is 4.74 Å². The lowest BCUT2D eigenvalue weighted by Gasteiger charge is -2.14. The molecule has 0 unspecified atom stereocenters. The first-order valence-electron chi connectivity index (χ1n) is 5.65. The van der Waals surface area contributed by atoms with Gasteiger partial charge in [0.1, 0.15) is 11.4 Å². The van der Waals surface area contributed by atoms with Gasteiger partial charge in [-0.2, -0.15) is 5.10 Å². The van der Waals surface area contributed by atoms with Gasteiger partial charge in [-0.05, 0) is 39.0 Å². The van der Waals surface area contributed by atoms with Crippen LogP contribution in [-0.2, 0) is 0 Å². The topological polar surface area (TPSA) is 53.1 Å². The molecule has 2 aromatic rings. The highest BCUT2D eigenvalue weighted by atomic mass is 16.5. The van der Waals surface area contributed by atoms with Crippen LogP contribution in [0.1, 0.15) is 19.5 Å². The van der Waals surface area contributed by atoms with Crippen LogP contribution in [0.2, 0.25) is 0 Å². The zero-order valence-electron chi connectivity index (χ0n) is 10.3. The third-order valence-electron chi connectivity index (χ3n) is 2.38. The molecule has 1 aromatic heterocycles. The van der Waals surface area contributed by atoms with Crippen molar-refractivity contribution in [3.8, 4) is 11.4 Å². The third-order valence-corrected chi connectivity index (χ3v) is 2.38. The van der Waals surface area contributed by atoms with Crippen molar-refractivity contribution in [1.29, 1.82) is 0 Å². The van der Waals surface area contributed by atoms with Crippen LogP contribution >= 0.6 is 0 Å². The summed E-state index contributed by atoms with van der Waals surface area (Å²) >= 11 is 0. The summed E-state index contributed by atoms with van der Waals surface area (Å²) in [6, 6.07) is 7.65. The Morgan fingerprint density at radius 2 is 2.06 bits per heavy atom. The van der Waals surface area contributed by atoms with Gasteiger partial charge >= 0.3 is 0 Å². The molecule has 0 saturated carbocycles. The fourth-order valence-electron chi connectivity index (χ4n) is 1.64. The molecule has 0 radical (unpaired) electrons. The predicted molar refractivity (Wildman–Crippen MR) is 68.5 cm³/mol. The number of nitrogens with two attached hydrogens (primary N) is 1. The van der Waals surface area contributed by atoms with Gasteiger partial charge in [0.25, 0.3) is 0 Å². The Balaban J connectivity index is 2.42. The van der Waals surface area contributed by atoms with Gasteiger partial charge in [-0.3, -0.25) is 0 Å². The number of nitrogens with zero attached hydrogens (tertiary/aromatic N) is 2. The van der Waals surface area contributed by atoms with Crippen LogP contribution in [0.15, 0.2) is 30.5 Å². The average Bonchev–Trinajstić information content (AvgIpc) is 2.67.